The fourth-order valence-electron chi connectivity index (χ4n) is 4.91. The van der Waals surface area contributed by atoms with Crippen LogP contribution in [-0.4, -0.2) is 52.5 Å². The molecule has 2 amide bonds. The van der Waals surface area contributed by atoms with E-state index in [1.54, 1.807) is 4.90 Å². The SMILES string of the molecule is O=C1C(c2cccs2)=C(N2CCCC(CO)C2)C(=O)N1C1CCCCCCC1. The fourth-order valence-corrected chi connectivity index (χ4v) is 5.68. The lowest BCUT2D eigenvalue weighted by molar-refractivity contribution is -0.140. The summed E-state index contributed by atoms with van der Waals surface area (Å²) in [4.78, 5) is 31.6. The summed E-state index contributed by atoms with van der Waals surface area (Å²) in [6, 6.07) is 3.90. The Hall–Kier alpha value is -1.66. The van der Waals surface area contributed by atoms with Crippen LogP contribution in [0.2, 0.25) is 0 Å². The number of aliphatic hydroxyl groups is 1. The lowest BCUT2D eigenvalue weighted by Crippen LogP contribution is -2.44. The number of likely N-dealkylation sites (tertiary alicyclic amines) is 1. The Bertz CT molecular complexity index is 735. The molecule has 4 rings (SSSR count). The second kappa shape index (κ2) is 8.78. The van der Waals surface area contributed by atoms with Gasteiger partial charge in [-0.25, -0.2) is 0 Å². The van der Waals surface area contributed by atoms with E-state index < -0.39 is 0 Å². The van der Waals surface area contributed by atoms with Crippen molar-refractivity contribution in [1.82, 2.24) is 9.80 Å². The Morgan fingerprint density at radius 1 is 1.00 bits per heavy atom. The molecule has 1 atom stereocenters. The maximum Gasteiger partial charge on any atom is 0.278 e. The summed E-state index contributed by atoms with van der Waals surface area (Å²) in [6.07, 6.45) is 9.56. The molecule has 5 nitrogen and oxygen atoms in total. The first kappa shape index (κ1) is 19.6. The number of piperidine rings is 1. The average Bonchev–Trinajstić information content (AvgIpc) is 3.29. The number of aliphatic hydroxyl groups excluding tert-OH is 1. The van der Waals surface area contributed by atoms with Gasteiger partial charge in [0.2, 0.25) is 0 Å². The molecule has 1 saturated heterocycles. The van der Waals surface area contributed by atoms with E-state index in [4.69, 9.17) is 0 Å². The van der Waals surface area contributed by atoms with E-state index in [9.17, 15) is 14.7 Å². The normalized spacial score (nSPS) is 25.4. The highest BCUT2D eigenvalue weighted by atomic mass is 32.1. The minimum absolute atomic E-state index is 0.0196. The highest BCUT2D eigenvalue weighted by Gasteiger charge is 2.45. The summed E-state index contributed by atoms with van der Waals surface area (Å²) in [5, 5.41) is 11.6. The number of hydrogen-bond acceptors (Lipinski definition) is 5. The third-order valence-corrected chi connectivity index (χ3v) is 7.28. The quantitative estimate of drug-likeness (QED) is 0.781. The van der Waals surface area contributed by atoms with Gasteiger partial charge >= 0.3 is 0 Å². The van der Waals surface area contributed by atoms with Gasteiger partial charge in [-0.05, 0) is 43.0 Å². The van der Waals surface area contributed by atoms with E-state index in [-0.39, 0.29) is 30.4 Å². The number of carbonyl (C=O) groups is 2. The lowest BCUT2D eigenvalue weighted by atomic mass is 9.95. The molecule has 1 aromatic heterocycles. The van der Waals surface area contributed by atoms with Gasteiger partial charge in [-0.3, -0.25) is 14.5 Å². The molecule has 1 unspecified atom stereocenters. The minimum atomic E-state index is -0.113. The Morgan fingerprint density at radius 2 is 1.75 bits per heavy atom. The third-order valence-electron chi connectivity index (χ3n) is 6.39. The molecule has 0 spiro atoms. The molecule has 1 N–H and O–H groups in total. The van der Waals surface area contributed by atoms with Crippen molar-refractivity contribution in [2.45, 2.75) is 63.8 Å². The number of carbonyl (C=O) groups excluding carboxylic acids is 2. The molecule has 0 radical (unpaired) electrons. The molecule has 2 aliphatic heterocycles. The lowest BCUT2D eigenvalue weighted by Gasteiger charge is -2.35. The van der Waals surface area contributed by atoms with Crippen molar-refractivity contribution in [3.05, 3.63) is 28.1 Å². The fraction of sp³-hybridized carbons (Fsp3) is 0.636. The molecule has 1 aliphatic carbocycles. The summed E-state index contributed by atoms with van der Waals surface area (Å²) in [5.74, 6) is -0.0547. The van der Waals surface area contributed by atoms with E-state index >= 15 is 0 Å². The highest BCUT2D eigenvalue weighted by molar-refractivity contribution is 7.11. The van der Waals surface area contributed by atoms with Crippen molar-refractivity contribution in [3.63, 3.8) is 0 Å². The molecule has 3 heterocycles. The van der Waals surface area contributed by atoms with Crippen molar-refractivity contribution >= 4 is 28.7 Å². The second-order valence-corrected chi connectivity index (χ2v) is 9.26. The van der Waals surface area contributed by atoms with E-state index in [0.717, 1.165) is 49.9 Å². The van der Waals surface area contributed by atoms with Gasteiger partial charge in [0.25, 0.3) is 11.8 Å². The van der Waals surface area contributed by atoms with Gasteiger partial charge in [0, 0.05) is 30.6 Å². The van der Waals surface area contributed by atoms with E-state index in [2.05, 4.69) is 4.90 Å². The number of nitrogens with zero attached hydrogens (tertiary/aromatic N) is 2. The Morgan fingerprint density at radius 3 is 2.43 bits per heavy atom. The molecule has 1 saturated carbocycles. The summed E-state index contributed by atoms with van der Waals surface area (Å²) in [5.41, 5.74) is 1.16. The smallest absolute Gasteiger partial charge is 0.278 e. The molecular formula is C22H30N2O3S. The zero-order valence-electron chi connectivity index (χ0n) is 16.4. The topological polar surface area (TPSA) is 60.9 Å². The van der Waals surface area contributed by atoms with Gasteiger partial charge in [0.15, 0.2) is 0 Å². The molecule has 0 aromatic carbocycles. The number of thiophene rings is 1. The average molecular weight is 403 g/mol. The molecule has 0 bridgehead atoms. The van der Waals surface area contributed by atoms with E-state index in [0.29, 0.717) is 17.8 Å². The van der Waals surface area contributed by atoms with Gasteiger partial charge < -0.3 is 10.0 Å². The van der Waals surface area contributed by atoms with Crippen LogP contribution in [-0.2, 0) is 9.59 Å². The summed E-state index contributed by atoms with van der Waals surface area (Å²) < 4.78 is 0. The van der Waals surface area contributed by atoms with Crippen LogP contribution in [0.1, 0.15) is 62.7 Å². The number of imide groups is 1. The molecule has 28 heavy (non-hydrogen) atoms. The molecule has 2 fully saturated rings. The maximum atomic E-state index is 13.6. The van der Waals surface area contributed by atoms with E-state index in [1.165, 1.54) is 30.6 Å². The van der Waals surface area contributed by atoms with Crippen LogP contribution < -0.4 is 0 Å². The van der Waals surface area contributed by atoms with Crippen LogP contribution in [0.5, 0.6) is 0 Å². The van der Waals surface area contributed by atoms with Crippen LogP contribution in [0, 0.1) is 5.92 Å². The van der Waals surface area contributed by atoms with Crippen LogP contribution in [0.25, 0.3) is 5.57 Å². The monoisotopic (exact) mass is 402 g/mol. The standard InChI is InChI=1S/C22H30N2O3S/c25-15-16-8-6-12-23(14-16)20-19(18-11-7-13-28-18)21(26)24(22(20)27)17-9-4-2-1-3-5-10-17/h7,11,13,16-17,25H,1-6,8-10,12,14-15H2. The van der Waals surface area contributed by atoms with Gasteiger partial charge in [-0.15, -0.1) is 11.3 Å². The number of hydrogen-bond donors (Lipinski definition) is 1. The maximum absolute atomic E-state index is 13.6. The Balaban J connectivity index is 1.67. The zero-order valence-corrected chi connectivity index (χ0v) is 17.3. The first-order chi connectivity index (χ1) is 13.7. The second-order valence-electron chi connectivity index (χ2n) is 8.32. The number of rotatable bonds is 4. The Kier molecular flexibility index (Phi) is 6.16. The first-order valence-corrected chi connectivity index (χ1v) is 11.6. The number of amides is 2. The summed E-state index contributed by atoms with van der Waals surface area (Å²) in [7, 11) is 0. The van der Waals surface area contributed by atoms with Crippen LogP contribution in [0.4, 0.5) is 0 Å². The summed E-state index contributed by atoms with van der Waals surface area (Å²) >= 11 is 1.52. The van der Waals surface area contributed by atoms with Crippen LogP contribution in [0.3, 0.4) is 0 Å². The van der Waals surface area contributed by atoms with Crippen molar-refractivity contribution in [3.8, 4) is 0 Å². The zero-order chi connectivity index (χ0) is 19.5. The Labute approximate surface area is 171 Å². The largest absolute Gasteiger partial charge is 0.396 e. The molecule has 6 heteroatoms. The predicted octanol–water partition coefficient (Wildman–Crippen LogP) is 3.65. The van der Waals surface area contributed by atoms with Crippen molar-refractivity contribution < 1.29 is 14.7 Å². The molecule has 152 valence electrons. The van der Waals surface area contributed by atoms with Gasteiger partial charge in [0.1, 0.15) is 5.70 Å². The van der Waals surface area contributed by atoms with Gasteiger partial charge in [0.05, 0.1) is 5.57 Å². The van der Waals surface area contributed by atoms with Gasteiger partial charge in [-0.1, -0.05) is 38.2 Å². The summed E-state index contributed by atoms with van der Waals surface area (Å²) in [6.45, 7) is 1.56. The molecule has 1 aromatic rings. The van der Waals surface area contributed by atoms with Crippen molar-refractivity contribution in [2.24, 2.45) is 5.92 Å². The minimum Gasteiger partial charge on any atom is -0.396 e. The molecular weight excluding hydrogens is 372 g/mol. The van der Waals surface area contributed by atoms with Crippen molar-refractivity contribution in [1.29, 1.82) is 0 Å². The first-order valence-electron chi connectivity index (χ1n) is 10.7. The molecule has 3 aliphatic rings. The third kappa shape index (κ3) is 3.77. The van der Waals surface area contributed by atoms with Crippen LogP contribution >= 0.6 is 11.3 Å². The van der Waals surface area contributed by atoms with E-state index in [1.807, 2.05) is 17.5 Å². The van der Waals surface area contributed by atoms with Crippen LogP contribution in [0.15, 0.2) is 23.2 Å². The highest BCUT2D eigenvalue weighted by Crippen LogP contribution is 2.38. The van der Waals surface area contributed by atoms with Crippen molar-refractivity contribution in [2.75, 3.05) is 19.7 Å². The predicted molar refractivity (Wildman–Crippen MR) is 111 cm³/mol. The van der Waals surface area contributed by atoms with Gasteiger partial charge in [-0.2, -0.15) is 0 Å².